The van der Waals surface area contributed by atoms with Gasteiger partial charge in [-0.3, -0.25) is 0 Å². The fourth-order valence-corrected chi connectivity index (χ4v) is 1.82. The lowest BCUT2D eigenvalue weighted by atomic mass is 10.2. The van der Waals surface area contributed by atoms with E-state index in [1.807, 2.05) is 0 Å². The third kappa shape index (κ3) is 5.23. The second-order valence-electron chi connectivity index (χ2n) is 3.48. The number of aliphatic hydroxyl groups is 1. The predicted octanol–water partition coefficient (Wildman–Crippen LogP) is 0.475. The first-order valence-electron chi connectivity index (χ1n) is 4.52. The third-order valence-electron chi connectivity index (χ3n) is 1.78. The van der Waals surface area contributed by atoms with E-state index in [4.69, 9.17) is 5.11 Å². The Morgan fingerprint density at radius 3 is 2.23 bits per heavy atom. The Kier molecular flexibility index (Phi) is 5.51. The SMILES string of the molecule is CC(CCCO)NS(=O)(=O)C(C)C. The molecular weight excluding hydrogens is 190 g/mol. The summed E-state index contributed by atoms with van der Waals surface area (Å²) in [7, 11) is -3.16. The zero-order chi connectivity index (χ0) is 10.5. The molecule has 2 N–H and O–H groups in total. The van der Waals surface area contributed by atoms with Gasteiger partial charge in [0.15, 0.2) is 0 Å². The summed E-state index contributed by atoms with van der Waals surface area (Å²) in [6.45, 7) is 5.19. The molecule has 0 aliphatic heterocycles. The van der Waals surface area contributed by atoms with Gasteiger partial charge in [0.05, 0.1) is 5.25 Å². The summed E-state index contributed by atoms with van der Waals surface area (Å²) >= 11 is 0. The molecule has 0 radical (unpaired) electrons. The topological polar surface area (TPSA) is 66.4 Å². The summed E-state index contributed by atoms with van der Waals surface area (Å²) in [5.74, 6) is 0. The summed E-state index contributed by atoms with van der Waals surface area (Å²) in [6, 6.07) is -0.0976. The van der Waals surface area contributed by atoms with Gasteiger partial charge < -0.3 is 5.11 Å². The van der Waals surface area contributed by atoms with E-state index in [0.29, 0.717) is 12.8 Å². The molecule has 0 aromatic rings. The van der Waals surface area contributed by atoms with Crippen molar-refractivity contribution in [3.63, 3.8) is 0 Å². The van der Waals surface area contributed by atoms with Gasteiger partial charge in [-0.15, -0.1) is 0 Å². The lowest BCUT2D eigenvalue weighted by Crippen LogP contribution is -2.37. The van der Waals surface area contributed by atoms with Crippen LogP contribution in [0.4, 0.5) is 0 Å². The Bertz CT molecular complexity index is 224. The summed E-state index contributed by atoms with van der Waals surface area (Å²) in [4.78, 5) is 0. The maximum absolute atomic E-state index is 11.3. The third-order valence-corrected chi connectivity index (χ3v) is 3.75. The van der Waals surface area contributed by atoms with Crippen molar-refractivity contribution < 1.29 is 13.5 Å². The number of nitrogens with one attached hydrogen (secondary N) is 1. The minimum absolute atomic E-state index is 0.0976. The smallest absolute Gasteiger partial charge is 0.214 e. The van der Waals surface area contributed by atoms with Crippen LogP contribution in [0.25, 0.3) is 0 Å². The van der Waals surface area contributed by atoms with Crippen molar-refractivity contribution in [3.8, 4) is 0 Å². The number of aliphatic hydroxyl groups excluding tert-OH is 1. The fourth-order valence-electron chi connectivity index (χ4n) is 0.873. The minimum atomic E-state index is -3.16. The van der Waals surface area contributed by atoms with Crippen LogP contribution in [0.2, 0.25) is 0 Å². The first kappa shape index (κ1) is 12.9. The molecule has 0 bridgehead atoms. The van der Waals surface area contributed by atoms with E-state index in [2.05, 4.69) is 4.72 Å². The van der Waals surface area contributed by atoms with Gasteiger partial charge in [-0.05, 0) is 33.6 Å². The van der Waals surface area contributed by atoms with Crippen molar-refractivity contribution in [1.29, 1.82) is 0 Å². The quantitative estimate of drug-likeness (QED) is 0.668. The molecule has 0 spiro atoms. The van der Waals surface area contributed by atoms with E-state index in [1.165, 1.54) is 0 Å². The van der Waals surface area contributed by atoms with E-state index >= 15 is 0 Å². The van der Waals surface area contributed by atoms with Gasteiger partial charge in [0.25, 0.3) is 0 Å². The minimum Gasteiger partial charge on any atom is -0.396 e. The van der Waals surface area contributed by atoms with Gasteiger partial charge in [-0.2, -0.15) is 0 Å². The molecule has 80 valence electrons. The van der Waals surface area contributed by atoms with Crippen molar-refractivity contribution in [3.05, 3.63) is 0 Å². The van der Waals surface area contributed by atoms with Crippen molar-refractivity contribution in [2.24, 2.45) is 0 Å². The average Bonchev–Trinajstić information content (AvgIpc) is 1.99. The first-order chi connectivity index (χ1) is 5.90. The highest BCUT2D eigenvalue weighted by Gasteiger charge is 2.17. The Hall–Kier alpha value is -0.130. The van der Waals surface area contributed by atoms with Gasteiger partial charge in [0.2, 0.25) is 10.0 Å². The van der Waals surface area contributed by atoms with Crippen LogP contribution in [0.3, 0.4) is 0 Å². The Morgan fingerprint density at radius 1 is 1.31 bits per heavy atom. The summed E-state index contributed by atoms with van der Waals surface area (Å²) in [5, 5.41) is 8.15. The van der Waals surface area contributed by atoms with Crippen molar-refractivity contribution in [2.75, 3.05) is 6.61 Å². The van der Waals surface area contributed by atoms with Crippen LogP contribution < -0.4 is 4.72 Å². The molecular formula is C8H19NO3S. The van der Waals surface area contributed by atoms with Gasteiger partial charge >= 0.3 is 0 Å². The van der Waals surface area contributed by atoms with Gasteiger partial charge in [0, 0.05) is 12.6 Å². The molecule has 4 nitrogen and oxygen atoms in total. The molecule has 0 aliphatic carbocycles. The number of sulfonamides is 1. The van der Waals surface area contributed by atoms with Gasteiger partial charge in [0.1, 0.15) is 0 Å². The lowest BCUT2D eigenvalue weighted by molar-refractivity contribution is 0.279. The number of hydrogen-bond acceptors (Lipinski definition) is 3. The second kappa shape index (κ2) is 5.57. The maximum Gasteiger partial charge on any atom is 0.214 e. The Balaban J connectivity index is 3.98. The fraction of sp³-hybridized carbons (Fsp3) is 1.00. The molecule has 0 amide bonds. The van der Waals surface area contributed by atoms with E-state index in [1.54, 1.807) is 20.8 Å². The van der Waals surface area contributed by atoms with Crippen LogP contribution in [-0.4, -0.2) is 31.4 Å². The molecule has 5 heteroatoms. The molecule has 0 aliphatic rings. The van der Waals surface area contributed by atoms with Crippen LogP contribution in [0.15, 0.2) is 0 Å². The highest BCUT2D eigenvalue weighted by atomic mass is 32.2. The maximum atomic E-state index is 11.3. The van der Waals surface area contributed by atoms with Crippen LogP contribution in [-0.2, 0) is 10.0 Å². The van der Waals surface area contributed by atoms with Crippen LogP contribution in [0.1, 0.15) is 33.6 Å². The monoisotopic (exact) mass is 209 g/mol. The number of hydrogen-bond donors (Lipinski definition) is 2. The van der Waals surface area contributed by atoms with E-state index < -0.39 is 15.3 Å². The standard InChI is InChI=1S/C8H19NO3S/c1-7(2)13(11,12)9-8(3)5-4-6-10/h7-10H,4-6H2,1-3H3. The van der Waals surface area contributed by atoms with Gasteiger partial charge in [-0.1, -0.05) is 0 Å². The Labute approximate surface area is 80.4 Å². The van der Waals surface area contributed by atoms with Crippen LogP contribution in [0, 0.1) is 0 Å². The second-order valence-corrected chi connectivity index (χ2v) is 5.75. The highest BCUT2D eigenvalue weighted by molar-refractivity contribution is 7.90. The zero-order valence-corrected chi connectivity index (χ0v) is 9.26. The summed E-state index contributed by atoms with van der Waals surface area (Å²) < 4.78 is 25.2. The number of rotatable bonds is 6. The van der Waals surface area contributed by atoms with E-state index in [0.717, 1.165) is 0 Å². The van der Waals surface area contributed by atoms with Crippen LogP contribution >= 0.6 is 0 Å². The predicted molar refractivity (Wildman–Crippen MR) is 53.0 cm³/mol. The van der Waals surface area contributed by atoms with Gasteiger partial charge in [-0.25, -0.2) is 13.1 Å². The van der Waals surface area contributed by atoms with Crippen molar-refractivity contribution in [1.82, 2.24) is 4.72 Å². The normalized spacial score (nSPS) is 14.8. The molecule has 0 saturated heterocycles. The van der Waals surface area contributed by atoms with Crippen molar-refractivity contribution in [2.45, 2.75) is 44.9 Å². The summed E-state index contributed by atoms with van der Waals surface area (Å²) in [5.41, 5.74) is 0. The largest absolute Gasteiger partial charge is 0.396 e. The molecule has 1 atom stereocenters. The lowest BCUT2D eigenvalue weighted by Gasteiger charge is -2.15. The average molecular weight is 209 g/mol. The molecule has 0 saturated carbocycles. The molecule has 0 aromatic carbocycles. The van der Waals surface area contributed by atoms with E-state index in [-0.39, 0.29) is 12.6 Å². The van der Waals surface area contributed by atoms with Crippen LogP contribution in [0.5, 0.6) is 0 Å². The van der Waals surface area contributed by atoms with E-state index in [9.17, 15) is 8.42 Å². The summed E-state index contributed by atoms with van der Waals surface area (Å²) in [6.07, 6.45) is 1.30. The molecule has 0 fully saturated rings. The highest BCUT2D eigenvalue weighted by Crippen LogP contribution is 2.02. The molecule has 13 heavy (non-hydrogen) atoms. The Morgan fingerprint density at radius 2 is 1.85 bits per heavy atom. The molecule has 0 rings (SSSR count). The molecule has 0 aromatic heterocycles. The molecule has 0 heterocycles. The zero-order valence-electron chi connectivity index (χ0n) is 8.45. The molecule has 1 unspecified atom stereocenters. The first-order valence-corrected chi connectivity index (χ1v) is 6.06. The van der Waals surface area contributed by atoms with Crippen molar-refractivity contribution >= 4 is 10.0 Å².